The van der Waals surface area contributed by atoms with Crippen LogP contribution in [0.5, 0.6) is 0 Å². The molecule has 3 rings (SSSR count). The van der Waals surface area contributed by atoms with Gasteiger partial charge in [0.05, 0.1) is 6.67 Å². The number of aryl methyl sites for hydroxylation is 1. The van der Waals surface area contributed by atoms with Crippen molar-refractivity contribution in [1.82, 2.24) is 23.6 Å². The van der Waals surface area contributed by atoms with Crippen molar-refractivity contribution in [2.75, 3.05) is 26.2 Å². The first-order chi connectivity index (χ1) is 12.5. The van der Waals surface area contributed by atoms with Gasteiger partial charge in [0.15, 0.2) is 4.77 Å². The van der Waals surface area contributed by atoms with Gasteiger partial charge in [-0.2, -0.15) is 9.40 Å². The molecule has 0 spiro atoms. The number of hydrogen-bond acceptors (Lipinski definition) is 6. The van der Waals surface area contributed by atoms with E-state index in [0.717, 1.165) is 17.7 Å². The molecule has 1 fully saturated rings. The Morgan fingerprint density at radius 3 is 2.65 bits per heavy atom. The maximum absolute atomic E-state index is 12.6. The highest BCUT2D eigenvalue weighted by Crippen LogP contribution is 2.22. The Hall–Kier alpha value is -1.07. The molecule has 0 atom stereocenters. The fraction of sp³-hybridized carbons (Fsp3) is 0.625. The summed E-state index contributed by atoms with van der Waals surface area (Å²) in [6.07, 6.45) is 5.28. The number of sulfonamides is 1. The number of nitrogens with zero attached hydrogens (tertiary/aromatic N) is 5. The number of unbranched alkanes of at least 4 members (excludes halogenated alkanes) is 2. The van der Waals surface area contributed by atoms with Crippen molar-refractivity contribution in [1.29, 1.82) is 0 Å². The molecule has 144 valence electrons. The summed E-state index contributed by atoms with van der Waals surface area (Å²) < 4.78 is 31.7. The highest BCUT2D eigenvalue weighted by molar-refractivity contribution is 7.91. The Labute approximate surface area is 163 Å². The van der Waals surface area contributed by atoms with Crippen LogP contribution in [0.1, 0.15) is 26.2 Å². The summed E-state index contributed by atoms with van der Waals surface area (Å²) in [6, 6.07) is 3.43. The molecule has 0 aliphatic carbocycles. The normalized spacial score (nSPS) is 17.0. The fourth-order valence-electron chi connectivity index (χ4n) is 2.99. The van der Waals surface area contributed by atoms with Crippen molar-refractivity contribution >= 4 is 33.6 Å². The Balaban J connectivity index is 1.55. The Morgan fingerprint density at radius 1 is 1.23 bits per heavy atom. The minimum Gasteiger partial charge on any atom is -0.307 e. The van der Waals surface area contributed by atoms with Crippen molar-refractivity contribution in [3.8, 4) is 0 Å². The molecule has 2 aromatic rings. The van der Waals surface area contributed by atoms with Crippen molar-refractivity contribution in [2.24, 2.45) is 0 Å². The first-order valence-electron chi connectivity index (χ1n) is 8.90. The lowest BCUT2D eigenvalue weighted by molar-refractivity contribution is 0.144. The predicted octanol–water partition coefficient (Wildman–Crippen LogP) is 2.63. The van der Waals surface area contributed by atoms with Crippen LogP contribution in [0, 0.1) is 4.77 Å². The summed E-state index contributed by atoms with van der Waals surface area (Å²) in [6.45, 7) is 6.02. The molecular weight excluding hydrogens is 390 g/mol. The quantitative estimate of drug-likeness (QED) is 0.490. The van der Waals surface area contributed by atoms with E-state index >= 15 is 0 Å². The van der Waals surface area contributed by atoms with E-state index in [1.807, 2.05) is 9.25 Å². The van der Waals surface area contributed by atoms with E-state index < -0.39 is 10.0 Å². The number of thiophene rings is 1. The highest BCUT2D eigenvalue weighted by atomic mass is 32.2. The van der Waals surface area contributed by atoms with Crippen LogP contribution in [-0.4, -0.2) is 58.1 Å². The summed E-state index contributed by atoms with van der Waals surface area (Å²) in [7, 11) is -3.35. The topological polar surface area (TPSA) is 63.4 Å². The number of piperazine rings is 1. The van der Waals surface area contributed by atoms with E-state index in [1.165, 1.54) is 24.2 Å². The van der Waals surface area contributed by atoms with Crippen LogP contribution in [0.25, 0.3) is 0 Å². The molecule has 0 saturated carbocycles. The molecule has 0 radical (unpaired) electrons. The van der Waals surface area contributed by atoms with E-state index in [-0.39, 0.29) is 0 Å². The lowest BCUT2D eigenvalue weighted by Crippen LogP contribution is -2.48. The summed E-state index contributed by atoms with van der Waals surface area (Å²) in [5.74, 6) is 0. The summed E-state index contributed by atoms with van der Waals surface area (Å²) >= 11 is 6.78. The lowest BCUT2D eigenvalue weighted by atomic mass is 10.2. The molecule has 10 heteroatoms. The second-order valence-corrected chi connectivity index (χ2v) is 9.89. The summed E-state index contributed by atoms with van der Waals surface area (Å²) in [4.78, 5) is 2.19. The first kappa shape index (κ1) is 19.7. The molecule has 0 unspecified atom stereocenters. The molecule has 3 heterocycles. The molecule has 2 aromatic heterocycles. The van der Waals surface area contributed by atoms with Gasteiger partial charge >= 0.3 is 0 Å². The largest absolute Gasteiger partial charge is 0.307 e. The molecule has 0 bridgehead atoms. The lowest BCUT2D eigenvalue weighted by Gasteiger charge is -2.33. The van der Waals surface area contributed by atoms with Crippen LogP contribution >= 0.6 is 23.6 Å². The van der Waals surface area contributed by atoms with E-state index in [0.29, 0.717) is 37.1 Å². The standard InChI is InChI=1S/C16H25N5O2S3/c1-2-3-4-7-19-13-17-21(16(19)24)14-18-8-10-20(11-9-18)26(22,23)15-6-5-12-25-15/h5-6,12-13H,2-4,7-11,14H2,1H3. The zero-order chi connectivity index (χ0) is 18.6. The Bertz CT molecular complexity index is 849. The molecule has 0 amide bonds. The van der Waals surface area contributed by atoms with E-state index in [4.69, 9.17) is 12.2 Å². The van der Waals surface area contributed by atoms with Crippen LogP contribution in [-0.2, 0) is 23.2 Å². The minimum absolute atomic E-state index is 0.416. The van der Waals surface area contributed by atoms with Gasteiger partial charge in [0.1, 0.15) is 10.5 Å². The van der Waals surface area contributed by atoms with E-state index in [1.54, 1.807) is 28.1 Å². The van der Waals surface area contributed by atoms with Gasteiger partial charge < -0.3 is 4.57 Å². The van der Waals surface area contributed by atoms with E-state index in [2.05, 4.69) is 16.9 Å². The van der Waals surface area contributed by atoms with Gasteiger partial charge in [-0.1, -0.05) is 25.8 Å². The average molecular weight is 416 g/mol. The molecule has 0 N–H and O–H groups in total. The second-order valence-electron chi connectivity index (χ2n) is 6.41. The molecule has 1 saturated heterocycles. The molecule has 1 aliphatic rings. The third-order valence-corrected chi connectivity index (χ3v) is 8.27. The van der Waals surface area contributed by atoms with Gasteiger partial charge in [-0.05, 0) is 30.1 Å². The van der Waals surface area contributed by atoms with Crippen molar-refractivity contribution in [3.05, 3.63) is 28.6 Å². The Morgan fingerprint density at radius 2 is 2.00 bits per heavy atom. The predicted molar refractivity (Wildman–Crippen MR) is 105 cm³/mol. The van der Waals surface area contributed by atoms with Gasteiger partial charge in [0.25, 0.3) is 10.0 Å². The summed E-state index contributed by atoms with van der Waals surface area (Å²) in [5.41, 5.74) is 0. The van der Waals surface area contributed by atoms with Crippen molar-refractivity contribution in [2.45, 2.75) is 43.6 Å². The van der Waals surface area contributed by atoms with Gasteiger partial charge in [-0.15, -0.1) is 11.3 Å². The molecule has 1 aliphatic heterocycles. The number of aromatic nitrogens is 3. The maximum atomic E-state index is 12.6. The average Bonchev–Trinajstić information content (AvgIpc) is 3.28. The third kappa shape index (κ3) is 4.42. The van der Waals surface area contributed by atoms with Crippen LogP contribution in [0.2, 0.25) is 0 Å². The molecule has 0 aromatic carbocycles. The second kappa shape index (κ2) is 8.75. The van der Waals surface area contributed by atoms with Gasteiger partial charge in [-0.3, -0.25) is 4.90 Å². The molecular formula is C16H25N5O2S3. The zero-order valence-corrected chi connectivity index (χ0v) is 17.4. The monoisotopic (exact) mass is 415 g/mol. The highest BCUT2D eigenvalue weighted by Gasteiger charge is 2.29. The molecule has 7 nitrogen and oxygen atoms in total. The van der Waals surface area contributed by atoms with Gasteiger partial charge in [0, 0.05) is 32.7 Å². The fourth-order valence-corrected chi connectivity index (χ4v) is 5.80. The molecule has 26 heavy (non-hydrogen) atoms. The van der Waals surface area contributed by atoms with Gasteiger partial charge in [-0.25, -0.2) is 13.1 Å². The van der Waals surface area contributed by atoms with E-state index in [9.17, 15) is 8.42 Å². The van der Waals surface area contributed by atoms with Crippen LogP contribution < -0.4 is 0 Å². The SMILES string of the molecule is CCCCCn1cnn(CN2CCN(S(=O)(=O)c3cccs3)CC2)c1=S. The Kier molecular flexibility index (Phi) is 6.62. The van der Waals surface area contributed by atoms with Crippen molar-refractivity contribution < 1.29 is 8.42 Å². The first-order valence-corrected chi connectivity index (χ1v) is 11.6. The smallest absolute Gasteiger partial charge is 0.252 e. The van der Waals surface area contributed by atoms with Crippen LogP contribution in [0.3, 0.4) is 0 Å². The van der Waals surface area contributed by atoms with Crippen molar-refractivity contribution in [3.63, 3.8) is 0 Å². The van der Waals surface area contributed by atoms with Gasteiger partial charge in [0.2, 0.25) is 0 Å². The van der Waals surface area contributed by atoms with Crippen LogP contribution in [0.4, 0.5) is 0 Å². The number of rotatable bonds is 8. The summed E-state index contributed by atoms with van der Waals surface area (Å²) in [5, 5.41) is 6.19. The maximum Gasteiger partial charge on any atom is 0.252 e. The van der Waals surface area contributed by atoms with Crippen LogP contribution in [0.15, 0.2) is 28.0 Å². The zero-order valence-electron chi connectivity index (χ0n) is 15.0. The minimum atomic E-state index is -3.35. The third-order valence-electron chi connectivity index (χ3n) is 4.55. The number of hydrogen-bond donors (Lipinski definition) is 0.